The first kappa shape index (κ1) is 13.1. The Morgan fingerprint density at radius 3 is 2.62 bits per heavy atom. The Morgan fingerprint density at radius 2 is 2.06 bits per heavy atom. The molecule has 1 atom stereocenters. The first-order valence-corrected chi connectivity index (χ1v) is 5.47. The molecule has 1 aromatic rings. The quantitative estimate of drug-likeness (QED) is 0.758. The standard InChI is InChI=1S/C12H20FN3/c1-16(2)8-7-15-12(9-14)10-5-3-4-6-11(10)13/h3-6,12,15H,7-9,14H2,1-2H3. The number of benzene rings is 1. The van der Waals surface area contributed by atoms with Gasteiger partial charge in [0.15, 0.2) is 0 Å². The molecular formula is C12H20FN3. The lowest BCUT2D eigenvalue weighted by atomic mass is 10.1. The summed E-state index contributed by atoms with van der Waals surface area (Å²) in [6.45, 7) is 2.10. The number of hydrogen-bond donors (Lipinski definition) is 2. The van der Waals surface area contributed by atoms with Gasteiger partial charge in [-0.15, -0.1) is 0 Å². The summed E-state index contributed by atoms with van der Waals surface area (Å²) in [6.07, 6.45) is 0. The van der Waals surface area contributed by atoms with Crippen LogP contribution < -0.4 is 11.1 Å². The summed E-state index contributed by atoms with van der Waals surface area (Å²) >= 11 is 0. The number of nitrogens with zero attached hydrogens (tertiary/aromatic N) is 1. The highest BCUT2D eigenvalue weighted by Gasteiger charge is 2.12. The molecule has 1 unspecified atom stereocenters. The summed E-state index contributed by atoms with van der Waals surface area (Å²) in [6, 6.07) is 6.64. The van der Waals surface area contributed by atoms with Crippen molar-refractivity contribution >= 4 is 0 Å². The largest absolute Gasteiger partial charge is 0.329 e. The van der Waals surface area contributed by atoms with Crippen LogP contribution in [0.5, 0.6) is 0 Å². The number of hydrogen-bond acceptors (Lipinski definition) is 3. The monoisotopic (exact) mass is 225 g/mol. The molecule has 90 valence electrons. The van der Waals surface area contributed by atoms with E-state index in [2.05, 4.69) is 10.2 Å². The van der Waals surface area contributed by atoms with Gasteiger partial charge in [-0.25, -0.2) is 4.39 Å². The molecule has 3 nitrogen and oxygen atoms in total. The summed E-state index contributed by atoms with van der Waals surface area (Å²) in [4.78, 5) is 2.07. The SMILES string of the molecule is CN(C)CCNC(CN)c1ccccc1F. The Hall–Kier alpha value is -0.970. The summed E-state index contributed by atoms with van der Waals surface area (Å²) in [7, 11) is 4.00. The molecule has 3 N–H and O–H groups in total. The molecule has 0 aliphatic carbocycles. The van der Waals surface area contributed by atoms with E-state index in [1.165, 1.54) is 6.07 Å². The number of nitrogens with two attached hydrogens (primary N) is 1. The van der Waals surface area contributed by atoms with E-state index in [1.54, 1.807) is 12.1 Å². The fourth-order valence-corrected chi connectivity index (χ4v) is 1.54. The molecule has 4 heteroatoms. The van der Waals surface area contributed by atoms with E-state index in [1.807, 2.05) is 20.2 Å². The summed E-state index contributed by atoms with van der Waals surface area (Å²) < 4.78 is 13.5. The topological polar surface area (TPSA) is 41.3 Å². The summed E-state index contributed by atoms with van der Waals surface area (Å²) in [5.74, 6) is -0.199. The number of rotatable bonds is 6. The minimum absolute atomic E-state index is 0.110. The number of nitrogens with one attached hydrogen (secondary N) is 1. The number of likely N-dealkylation sites (N-methyl/N-ethyl adjacent to an activating group) is 1. The van der Waals surface area contributed by atoms with Crippen LogP contribution in [-0.2, 0) is 0 Å². The second-order valence-corrected chi connectivity index (χ2v) is 4.07. The zero-order chi connectivity index (χ0) is 12.0. The highest BCUT2D eigenvalue weighted by atomic mass is 19.1. The van der Waals surface area contributed by atoms with Crippen LogP contribution in [0.25, 0.3) is 0 Å². The Bertz CT molecular complexity index is 315. The fraction of sp³-hybridized carbons (Fsp3) is 0.500. The van der Waals surface area contributed by atoms with Gasteiger partial charge in [0.05, 0.1) is 0 Å². The van der Waals surface area contributed by atoms with Gasteiger partial charge in [0.2, 0.25) is 0 Å². The van der Waals surface area contributed by atoms with Crippen molar-refractivity contribution in [2.24, 2.45) is 5.73 Å². The Labute approximate surface area is 96.4 Å². The minimum atomic E-state index is -0.199. The first-order valence-electron chi connectivity index (χ1n) is 5.47. The normalized spacial score (nSPS) is 13.1. The van der Waals surface area contributed by atoms with Crippen LogP contribution in [0.3, 0.4) is 0 Å². The summed E-state index contributed by atoms with van der Waals surface area (Å²) in [5.41, 5.74) is 6.29. The highest BCUT2D eigenvalue weighted by Crippen LogP contribution is 2.15. The van der Waals surface area contributed by atoms with Crippen LogP contribution >= 0.6 is 0 Å². The Balaban J connectivity index is 2.57. The van der Waals surface area contributed by atoms with Crippen molar-refractivity contribution < 1.29 is 4.39 Å². The predicted octanol–water partition coefficient (Wildman–Crippen LogP) is 0.977. The molecule has 0 spiro atoms. The first-order chi connectivity index (χ1) is 7.65. The van der Waals surface area contributed by atoms with Gasteiger partial charge in [0.1, 0.15) is 5.82 Å². The molecule has 0 saturated carbocycles. The lowest BCUT2D eigenvalue weighted by molar-refractivity contribution is 0.383. The van der Waals surface area contributed by atoms with Crippen molar-refractivity contribution in [3.8, 4) is 0 Å². The number of halogens is 1. The third kappa shape index (κ3) is 3.89. The molecule has 1 aromatic carbocycles. The van der Waals surface area contributed by atoms with Gasteiger partial charge in [0, 0.05) is 31.2 Å². The van der Waals surface area contributed by atoms with Crippen molar-refractivity contribution in [2.45, 2.75) is 6.04 Å². The molecule has 0 amide bonds. The smallest absolute Gasteiger partial charge is 0.128 e. The average Bonchev–Trinajstić information content (AvgIpc) is 2.25. The molecule has 0 fully saturated rings. The van der Waals surface area contributed by atoms with Crippen molar-refractivity contribution in [3.05, 3.63) is 35.6 Å². The summed E-state index contributed by atoms with van der Waals surface area (Å²) in [5, 5.41) is 3.25. The molecule has 0 radical (unpaired) electrons. The Morgan fingerprint density at radius 1 is 1.38 bits per heavy atom. The van der Waals surface area contributed by atoms with Gasteiger partial charge in [-0.05, 0) is 20.2 Å². The van der Waals surface area contributed by atoms with Crippen molar-refractivity contribution in [2.75, 3.05) is 33.7 Å². The second-order valence-electron chi connectivity index (χ2n) is 4.07. The van der Waals surface area contributed by atoms with E-state index < -0.39 is 0 Å². The van der Waals surface area contributed by atoms with Crippen molar-refractivity contribution in [1.29, 1.82) is 0 Å². The molecule has 0 aliphatic rings. The van der Waals surface area contributed by atoms with Gasteiger partial charge in [-0.2, -0.15) is 0 Å². The van der Waals surface area contributed by atoms with Gasteiger partial charge < -0.3 is 16.0 Å². The lowest BCUT2D eigenvalue weighted by Crippen LogP contribution is -2.34. The molecule has 0 aliphatic heterocycles. The fourth-order valence-electron chi connectivity index (χ4n) is 1.54. The van der Waals surface area contributed by atoms with E-state index in [-0.39, 0.29) is 11.9 Å². The van der Waals surface area contributed by atoms with Gasteiger partial charge in [0.25, 0.3) is 0 Å². The van der Waals surface area contributed by atoms with Crippen LogP contribution in [0.4, 0.5) is 4.39 Å². The third-order valence-corrected chi connectivity index (χ3v) is 2.47. The molecule has 1 rings (SSSR count). The average molecular weight is 225 g/mol. The van der Waals surface area contributed by atoms with E-state index in [9.17, 15) is 4.39 Å². The van der Waals surface area contributed by atoms with Gasteiger partial charge >= 0.3 is 0 Å². The van der Waals surface area contributed by atoms with E-state index in [4.69, 9.17) is 5.73 Å². The van der Waals surface area contributed by atoms with Crippen LogP contribution in [0, 0.1) is 5.82 Å². The zero-order valence-corrected chi connectivity index (χ0v) is 9.91. The molecule has 0 saturated heterocycles. The van der Waals surface area contributed by atoms with E-state index in [0.29, 0.717) is 12.1 Å². The Kier molecular flexibility index (Phi) is 5.38. The molecule has 0 bridgehead atoms. The van der Waals surface area contributed by atoms with Crippen molar-refractivity contribution in [1.82, 2.24) is 10.2 Å². The maximum absolute atomic E-state index is 13.5. The van der Waals surface area contributed by atoms with Crippen LogP contribution in [0.15, 0.2) is 24.3 Å². The van der Waals surface area contributed by atoms with Gasteiger partial charge in [-0.1, -0.05) is 18.2 Å². The molecule has 0 heterocycles. The minimum Gasteiger partial charge on any atom is -0.329 e. The van der Waals surface area contributed by atoms with Crippen LogP contribution in [0.1, 0.15) is 11.6 Å². The maximum atomic E-state index is 13.5. The van der Waals surface area contributed by atoms with E-state index in [0.717, 1.165) is 13.1 Å². The zero-order valence-electron chi connectivity index (χ0n) is 9.91. The molecule has 0 aromatic heterocycles. The second kappa shape index (κ2) is 6.58. The highest BCUT2D eigenvalue weighted by molar-refractivity contribution is 5.21. The van der Waals surface area contributed by atoms with Crippen LogP contribution in [-0.4, -0.2) is 38.6 Å². The van der Waals surface area contributed by atoms with Gasteiger partial charge in [-0.3, -0.25) is 0 Å². The molecule has 16 heavy (non-hydrogen) atoms. The molecular weight excluding hydrogens is 205 g/mol. The van der Waals surface area contributed by atoms with Crippen molar-refractivity contribution in [3.63, 3.8) is 0 Å². The lowest BCUT2D eigenvalue weighted by Gasteiger charge is -2.19. The predicted molar refractivity (Wildman–Crippen MR) is 64.8 cm³/mol. The maximum Gasteiger partial charge on any atom is 0.128 e. The third-order valence-electron chi connectivity index (χ3n) is 2.47. The van der Waals surface area contributed by atoms with E-state index >= 15 is 0 Å². The van der Waals surface area contributed by atoms with Crippen LogP contribution in [0.2, 0.25) is 0 Å².